The first-order valence-corrected chi connectivity index (χ1v) is 5.86. The van der Waals surface area contributed by atoms with Crippen molar-refractivity contribution < 1.29 is 27.8 Å². The Labute approximate surface area is 118 Å². The van der Waals surface area contributed by atoms with Gasteiger partial charge < -0.3 is 15.2 Å². The standard InChI is InChI=1S/C12H13ClF3NO3/c1-11(19,10(18)20-2)6-17-9-4-7(12(14,15)16)3-8(13)5-9/h3-5,17,19H,6H2,1-2H3. The van der Waals surface area contributed by atoms with Gasteiger partial charge in [0.2, 0.25) is 0 Å². The molecule has 1 rings (SSSR count). The van der Waals surface area contributed by atoms with Crippen LogP contribution in [0.5, 0.6) is 0 Å². The van der Waals surface area contributed by atoms with Gasteiger partial charge in [-0.3, -0.25) is 0 Å². The molecular formula is C12H13ClF3NO3. The highest BCUT2D eigenvalue weighted by atomic mass is 35.5. The number of hydrogen-bond acceptors (Lipinski definition) is 4. The second-order valence-electron chi connectivity index (χ2n) is 4.35. The molecule has 0 aromatic heterocycles. The summed E-state index contributed by atoms with van der Waals surface area (Å²) in [4.78, 5) is 11.2. The number of carbonyl (C=O) groups excluding carboxylic acids is 1. The summed E-state index contributed by atoms with van der Waals surface area (Å²) >= 11 is 5.60. The Bertz CT molecular complexity index is 503. The lowest BCUT2D eigenvalue weighted by molar-refractivity contribution is -0.158. The number of rotatable bonds is 4. The minimum atomic E-state index is -4.54. The van der Waals surface area contributed by atoms with Crippen molar-refractivity contribution in [1.29, 1.82) is 0 Å². The summed E-state index contributed by atoms with van der Waals surface area (Å²) in [5.41, 5.74) is -2.76. The van der Waals surface area contributed by atoms with Crippen LogP contribution in [0.1, 0.15) is 12.5 Å². The van der Waals surface area contributed by atoms with Gasteiger partial charge in [-0.15, -0.1) is 0 Å². The van der Waals surface area contributed by atoms with Crippen molar-refractivity contribution in [2.24, 2.45) is 0 Å². The van der Waals surface area contributed by atoms with Gasteiger partial charge in [0.05, 0.1) is 19.2 Å². The van der Waals surface area contributed by atoms with Gasteiger partial charge in [0.25, 0.3) is 0 Å². The molecule has 2 N–H and O–H groups in total. The minimum absolute atomic E-state index is 0.0361. The number of benzene rings is 1. The Morgan fingerprint density at radius 2 is 2.00 bits per heavy atom. The molecule has 0 aliphatic carbocycles. The van der Waals surface area contributed by atoms with Crippen LogP contribution >= 0.6 is 11.6 Å². The maximum atomic E-state index is 12.6. The van der Waals surface area contributed by atoms with Crippen LogP contribution in [0.4, 0.5) is 18.9 Å². The van der Waals surface area contributed by atoms with Crippen molar-refractivity contribution in [1.82, 2.24) is 0 Å². The zero-order valence-electron chi connectivity index (χ0n) is 10.7. The number of carbonyl (C=O) groups is 1. The third-order valence-electron chi connectivity index (χ3n) is 2.49. The number of methoxy groups -OCH3 is 1. The smallest absolute Gasteiger partial charge is 0.416 e. The predicted octanol–water partition coefficient (Wildman–Crippen LogP) is 2.69. The molecule has 0 fully saturated rings. The summed E-state index contributed by atoms with van der Waals surface area (Å²) in [6.45, 7) is 0.859. The van der Waals surface area contributed by atoms with Crippen molar-refractivity contribution in [3.05, 3.63) is 28.8 Å². The van der Waals surface area contributed by atoms with Gasteiger partial charge >= 0.3 is 12.1 Å². The van der Waals surface area contributed by atoms with E-state index in [-0.39, 0.29) is 17.3 Å². The van der Waals surface area contributed by atoms with Crippen LogP contribution in [0.2, 0.25) is 5.02 Å². The first kappa shape index (κ1) is 16.6. The molecule has 0 aliphatic heterocycles. The monoisotopic (exact) mass is 311 g/mol. The van der Waals surface area contributed by atoms with E-state index in [0.29, 0.717) is 0 Å². The molecule has 0 bridgehead atoms. The third-order valence-corrected chi connectivity index (χ3v) is 2.71. The van der Waals surface area contributed by atoms with E-state index in [9.17, 15) is 23.1 Å². The highest BCUT2D eigenvalue weighted by Crippen LogP contribution is 2.33. The van der Waals surface area contributed by atoms with E-state index in [1.165, 1.54) is 13.0 Å². The molecule has 0 saturated carbocycles. The molecule has 20 heavy (non-hydrogen) atoms. The summed E-state index contributed by atoms with van der Waals surface area (Å²) < 4.78 is 42.2. The van der Waals surface area contributed by atoms with E-state index in [1.807, 2.05) is 0 Å². The molecule has 0 amide bonds. The lowest BCUT2D eigenvalue weighted by Gasteiger charge is -2.21. The maximum Gasteiger partial charge on any atom is 0.416 e. The van der Waals surface area contributed by atoms with E-state index in [1.54, 1.807) is 0 Å². The van der Waals surface area contributed by atoms with Gasteiger partial charge in [-0.05, 0) is 25.1 Å². The van der Waals surface area contributed by atoms with Gasteiger partial charge in [0.15, 0.2) is 5.60 Å². The molecule has 0 heterocycles. The molecule has 1 aromatic rings. The van der Waals surface area contributed by atoms with Crippen LogP contribution in [0.15, 0.2) is 18.2 Å². The number of aliphatic hydroxyl groups is 1. The number of anilines is 1. The Balaban J connectivity index is 2.89. The van der Waals surface area contributed by atoms with Crippen LogP contribution in [0, 0.1) is 0 Å². The van der Waals surface area contributed by atoms with Gasteiger partial charge in [-0.2, -0.15) is 13.2 Å². The van der Waals surface area contributed by atoms with E-state index in [0.717, 1.165) is 19.2 Å². The molecule has 4 nitrogen and oxygen atoms in total. The number of ether oxygens (including phenoxy) is 1. The number of hydrogen-bond donors (Lipinski definition) is 2. The van der Waals surface area contributed by atoms with Crippen molar-refractivity contribution in [3.63, 3.8) is 0 Å². The fourth-order valence-corrected chi connectivity index (χ4v) is 1.66. The van der Waals surface area contributed by atoms with Gasteiger partial charge in [-0.25, -0.2) is 4.79 Å². The maximum absolute atomic E-state index is 12.6. The molecular weight excluding hydrogens is 299 g/mol. The fraction of sp³-hybridized carbons (Fsp3) is 0.417. The lowest BCUT2D eigenvalue weighted by Crippen LogP contribution is -2.42. The second kappa shape index (κ2) is 5.88. The first-order valence-electron chi connectivity index (χ1n) is 5.49. The van der Waals surface area contributed by atoms with Gasteiger partial charge in [0, 0.05) is 10.7 Å². The number of alkyl halides is 3. The molecule has 0 aliphatic rings. The Kier molecular flexibility index (Phi) is 4.88. The Morgan fingerprint density at radius 1 is 1.40 bits per heavy atom. The van der Waals surface area contributed by atoms with Crippen molar-refractivity contribution >= 4 is 23.3 Å². The zero-order chi connectivity index (χ0) is 15.6. The van der Waals surface area contributed by atoms with Crippen LogP contribution in [-0.4, -0.2) is 30.3 Å². The quantitative estimate of drug-likeness (QED) is 0.839. The van der Waals surface area contributed by atoms with Crippen LogP contribution in [-0.2, 0) is 15.7 Å². The summed E-state index contributed by atoms with van der Waals surface area (Å²) in [7, 11) is 1.10. The second-order valence-corrected chi connectivity index (χ2v) is 4.78. The SMILES string of the molecule is COC(=O)C(C)(O)CNc1cc(Cl)cc(C(F)(F)F)c1. The normalized spacial score (nSPS) is 14.6. The molecule has 0 saturated heterocycles. The largest absolute Gasteiger partial charge is 0.467 e. The van der Waals surface area contributed by atoms with E-state index >= 15 is 0 Å². The topological polar surface area (TPSA) is 58.6 Å². The first-order chi connectivity index (χ1) is 9.06. The zero-order valence-corrected chi connectivity index (χ0v) is 11.5. The molecule has 1 atom stereocenters. The molecule has 1 unspecified atom stereocenters. The summed E-state index contributed by atoms with van der Waals surface area (Å²) in [5, 5.41) is 12.2. The van der Waals surface area contributed by atoms with Crippen molar-refractivity contribution in [2.75, 3.05) is 19.0 Å². The van der Waals surface area contributed by atoms with Gasteiger partial charge in [-0.1, -0.05) is 11.6 Å². The van der Waals surface area contributed by atoms with Crippen molar-refractivity contribution in [3.8, 4) is 0 Å². The average molecular weight is 312 g/mol. The Morgan fingerprint density at radius 3 is 2.50 bits per heavy atom. The van der Waals surface area contributed by atoms with Crippen LogP contribution in [0.3, 0.4) is 0 Å². The molecule has 8 heteroatoms. The average Bonchev–Trinajstić information content (AvgIpc) is 2.33. The highest BCUT2D eigenvalue weighted by molar-refractivity contribution is 6.30. The van der Waals surface area contributed by atoms with E-state index in [4.69, 9.17) is 11.6 Å². The predicted molar refractivity (Wildman–Crippen MR) is 67.6 cm³/mol. The fourth-order valence-electron chi connectivity index (χ4n) is 1.42. The molecule has 112 valence electrons. The molecule has 1 aromatic carbocycles. The summed E-state index contributed by atoms with van der Waals surface area (Å²) in [5.74, 6) is -0.900. The highest BCUT2D eigenvalue weighted by Gasteiger charge is 2.33. The van der Waals surface area contributed by atoms with Crippen LogP contribution in [0.25, 0.3) is 0 Å². The molecule has 0 spiro atoms. The van der Waals surface area contributed by atoms with E-state index < -0.39 is 23.3 Å². The Hall–Kier alpha value is -1.47. The van der Waals surface area contributed by atoms with Crippen LogP contribution < -0.4 is 5.32 Å². The van der Waals surface area contributed by atoms with Gasteiger partial charge in [0.1, 0.15) is 0 Å². The minimum Gasteiger partial charge on any atom is -0.467 e. The third kappa shape index (κ3) is 4.28. The van der Waals surface area contributed by atoms with E-state index in [2.05, 4.69) is 10.1 Å². The number of nitrogens with one attached hydrogen (secondary N) is 1. The number of halogens is 4. The lowest BCUT2D eigenvalue weighted by atomic mass is 10.1. The number of esters is 1. The summed E-state index contributed by atoms with van der Waals surface area (Å²) in [6.07, 6.45) is -4.54. The molecule has 0 radical (unpaired) electrons. The summed E-state index contributed by atoms with van der Waals surface area (Å²) in [6, 6.07) is 2.87. The van der Waals surface area contributed by atoms with Crippen molar-refractivity contribution in [2.45, 2.75) is 18.7 Å².